The standard InChI is InChI=1S/C9H13O2.C5H5.2CO.Fe/c1-11-9(6-10)7-4-2-3-5-8(7)9;1-2-4-5-3-1;2*1-2;/h7-8H,2-5H2,1H3;1-5H;;;/q-1;;;;. The number of carbonyl (C=O) groups excluding carboxylic acids is 1. The van der Waals surface area contributed by atoms with Gasteiger partial charge >= 0.3 is 22.6 Å². The molecule has 5 heteroatoms. The average Bonchev–Trinajstić information content (AvgIpc) is 2.90. The molecular weight excluding hydrogens is 312 g/mol. The maximum Gasteiger partial charge on any atom is 0.00506 e. The third-order valence-electron chi connectivity index (χ3n) is 3.81. The van der Waals surface area contributed by atoms with Crippen LogP contribution in [-0.4, -0.2) is 19.0 Å². The number of hydrogen-bond donors (Lipinski definition) is 0. The molecule has 0 aromatic carbocycles. The van der Waals surface area contributed by atoms with Crippen molar-refractivity contribution in [2.45, 2.75) is 31.3 Å². The van der Waals surface area contributed by atoms with E-state index < -0.39 is 5.60 Å². The van der Waals surface area contributed by atoms with Gasteiger partial charge in [0, 0.05) is 30.6 Å². The Kier molecular flexibility index (Phi) is 13.7. The van der Waals surface area contributed by atoms with E-state index in [2.05, 4.69) is 19.6 Å². The molecule has 2 fully saturated rings. The van der Waals surface area contributed by atoms with Crippen molar-refractivity contribution in [2.75, 3.05) is 7.11 Å². The molecule has 3 rings (SSSR count). The van der Waals surface area contributed by atoms with Gasteiger partial charge < -0.3 is 9.53 Å². The summed E-state index contributed by atoms with van der Waals surface area (Å²) in [4.78, 5) is 10.6. The quantitative estimate of drug-likeness (QED) is 0.444. The Morgan fingerprint density at radius 1 is 1.05 bits per heavy atom. The molecule has 0 spiro atoms. The molecule has 0 bridgehead atoms. The predicted molar refractivity (Wildman–Crippen MR) is 71.3 cm³/mol. The van der Waals surface area contributed by atoms with E-state index in [0.29, 0.717) is 11.8 Å². The maximum atomic E-state index is 10.6. The second-order valence-corrected chi connectivity index (χ2v) is 4.56. The van der Waals surface area contributed by atoms with E-state index in [9.17, 15) is 4.79 Å². The minimum absolute atomic E-state index is 0. The fourth-order valence-corrected chi connectivity index (χ4v) is 2.89. The second kappa shape index (κ2) is 12.8. The van der Waals surface area contributed by atoms with Gasteiger partial charge in [-0.1, -0.05) is 37.1 Å². The SMILES string of the molecule is COC1([C-]=O)C2CCCCC21.[C-]#[O+].[C-]#[O+].[CH]1C=CC=C1.[Fe]. The van der Waals surface area contributed by atoms with Crippen molar-refractivity contribution >= 4 is 6.29 Å². The van der Waals surface area contributed by atoms with Gasteiger partial charge in [-0.25, -0.2) is 6.29 Å². The predicted octanol–water partition coefficient (Wildman–Crippen LogP) is 2.54. The molecule has 0 aromatic heterocycles. The summed E-state index contributed by atoms with van der Waals surface area (Å²) in [6.45, 7) is 9.00. The first-order chi connectivity index (χ1) is 9.85. The Morgan fingerprint density at radius 2 is 1.48 bits per heavy atom. The van der Waals surface area contributed by atoms with Gasteiger partial charge in [-0.2, -0.15) is 0 Å². The Bertz CT molecular complexity index is 356. The van der Waals surface area contributed by atoms with Crippen LogP contribution in [-0.2, 0) is 35.9 Å². The molecule has 0 heterocycles. The smallest absolute Gasteiger partial charge is 0.00506 e. The molecule has 0 aliphatic heterocycles. The topological polar surface area (TPSA) is 66.1 Å². The summed E-state index contributed by atoms with van der Waals surface area (Å²) < 4.78 is 20.2. The summed E-state index contributed by atoms with van der Waals surface area (Å²) >= 11 is 0. The normalized spacial score (nSPS) is 29.6. The summed E-state index contributed by atoms with van der Waals surface area (Å²) in [6, 6.07) is 0. The Hall–Kier alpha value is -0.891. The molecular formula is C16H18FeO4-. The van der Waals surface area contributed by atoms with E-state index >= 15 is 0 Å². The van der Waals surface area contributed by atoms with Gasteiger partial charge in [0.2, 0.25) is 0 Å². The van der Waals surface area contributed by atoms with Crippen LogP contribution in [0.1, 0.15) is 25.7 Å². The van der Waals surface area contributed by atoms with Crippen molar-refractivity contribution in [3.8, 4) is 0 Å². The van der Waals surface area contributed by atoms with E-state index in [0.717, 1.165) is 12.8 Å². The number of rotatable bonds is 2. The Balaban J connectivity index is 0. The summed E-state index contributed by atoms with van der Waals surface area (Å²) in [5, 5.41) is 0. The molecule has 2 atom stereocenters. The van der Waals surface area contributed by atoms with E-state index in [1.807, 2.05) is 30.7 Å². The van der Waals surface area contributed by atoms with Gasteiger partial charge in [-0.15, -0.1) is 0 Å². The zero-order valence-electron chi connectivity index (χ0n) is 11.9. The third kappa shape index (κ3) is 5.78. The van der Waals surface area contributed by atoms with E-state index in [1.54, 1.807) is 7.11 Å². The number of fused-ring (bicyclic) bond motifs is 1. The van der Waals surface area contributed by atoms with Gasteiger partial charge in [0.1, 0.15) is 0 Å². The summed E-state index contributed by atoms with van der Waals surface area (Å²) in [5.41, 5.74) is -0.476. The molecule has 2 saturated carbocycles. The van der Waals surface area contributed by atoms with Crippen LogP contribution in [0.5, 0.6) is 0 Å². The Labute approximate surface area is 136 Å². The first-order valence-electron chi connectivity index (χ1n) is 6.37. The van der Waals surface area contributed by atoms with E-state index in [4.69, 9.17) is 14.0 Å². The fraction of sp³-hybridized carbons (Fsp3) is 0.500. The van der Waals surface area contributed by atoms with Gasteiger partial charge in [-0.05, 0) is 30.3 Å². The van der Waals surface area contributed by atoms with E-state index in [1.165, 1.54) is 12.8 Å². The van der Waals surface area contributed by atoms with Gasteiger partial charge in [0.05, 0.1) is 0 Å². The molecule has 0 saturated heterocycles. The van der Waals surface area contributed by atoms with Gasteiger partial charge in [-0.3, -0.25) is 0 Å². The van der Waals surface area contributed by atoms with Crippen LogP contribution in [0.2, 0.25) is 0 Å². The van der Waals surface area contributed by atoms with Crippen molar-refractivity contribution < 1.29 is 35.9 Å². The maximum absolute atomic E-state index is 10.6. The number of hydrogen-bond acceptors (Lipinski definition) is 2. The second-order valence-electron chi connectivity index (χ2n) is 4.56. The summed E-state index contributed by atoms with van der Waals surface area (Å²) in [6.07, 6.45) is 16.9. The zero-order valence-corrected chi connectivity index (χ0v) is 13.0. The number of ether oxygens (including phenoxy) is 1. The molecule has 21 heavy (non-hydrogen) atoms. The average molecular weight is 330 g/mol. The molecule has 3 aliphatic carbocycles. The molecule has 3 aliphatic rings. The van der Waals surface area contributed by atoms with Crippen LogP contribution in [0, 0.1) is 31.6 Å². The molecule has 0 N–H and O–H groups in total. The van der Waals surface area contributed by atoms with Crippen LogP contribution in [0.15, 0.2) is 24.3 Å². The fourth-order valence-electron chi connectivity index (χ4n) is 2.89. The van der Waals surface area contributed by atoms with Crippen LogP contribution < -0.4 is 0 Å². The minimum atomic E-state index is -0.476. The zero-order chi connectivity index (χ0) is 15.4. The monoisotopic (exact) mass is 330 g/mol. The van der Waals surface area contributed by atoms with Gasteiger partial charge in [0.15, 0.2) is 0 Å². The molecule has 1 radical (unpaired) electrons. The number of methoxy groups -OCH3 is 1. The van der Waals surface area contributed by atoms with Crippen molar-refractivity contribution in [2.24, 2.45) is 11.8 Å². The van der Waals surface area contributed by atoms with Crippen LogP contribution in [0.3, 0.4) is 0 Å². The molecule has 115 valence electrons. The number of allylic oxidation sites excluding steroid dienone is 4. The van der Waals surface area contributed by atoms with Crippen molar-refractivity contribution in [1.82, 2.24) is 0 Å². The van der Waals surface area contributed by atoms with Crippen molar-refractivity contribution in [3.05, 3.63) is 44.0 Å². The molecule has 0 amide bonds. The van der Waals surface area contributed by atoms with Crippen LogP contribution in [0.25, 0.3) is 0 Å². The molecule has 2 unspecified atom stereocenters. The first-order valence-corrected chi connectivity index (χ1v) is 6.37. The molecule has 4 nitrogen and oxygen atoms in total. The van der Waals surface area contributed by atoms with E-state index in [-0.39, 0.29) is 17.1 Å². The first kappa shape index (κ1) is 22.4. The van der Waals surface area contributed by atoms with Crippen molar-refractivity contribution in [3.63, 3.8) is 0 Å². The van der Waals surface area contributed by atoms with Crippen LogP contribution >= 0.6 is 0 Å². The van der Waals surface area contributed by atoms with Crippen LogP contribution in [0.4, 0.5) is 0 Å². The van der Waals surface area contributed by atoms with Crippen molar-refractivity contribution in [1.29, 1.82) is 0 Å². The van der Waals surface area contributed by atoms with Gasteiger partial charge in [0.25, 0.3) is 0 Å². The summed E-state index contributed by atoms with van der Waals surface area (Å²) in [7, 11) is 1.63. The largest absolute Gasteiger partial charge is 0.0767 e. The third-order valence-corrected chi connectivity index (χ3v) is 3.81. The Morgan fingerprint density at radius 3 is 1.71 bits per heavy atom. The molecule has 0 aromatic rings. The minimum Gasteiger partial charge on any atom is -0.0767 e. The summed E-state index contributed by atoms with van der Waals surface area (Å²) in [5.74, 6) is 0.998.